The number of hydrogen-bond acceptors (Lipinski definition) is 5. The molecule has 0 atom stereocenters. The van der Waals surface area contributed by atoms with Crippen LogP contribution in [0, 0.1) is 30.1 Å². The molecule has 0 spiro atoms. The van der Waals surface area contributed by atoms with Crippen LogP contribution < -0.4 is 0 Å². The van der Waals surface area contributed by atoms with Crippen LogP contribution >= 0.6 is 0 Å². The van der Waals surface area contributed by atoms with E-state index < -0.39 is 0 Å². The molecule has 0 unspecified atom stereocenters. The van der Waals surface area contributed by atoms with Crippen molar-refractivity contribution in [3.05, 3.63) is 11.8 Å². The van der Waals surface area contributed by atoms with E-state index in [1.54, 1.807) is 0 Å². The molecule has 1 aliphatic heterocycles. The highest BCUT2D eigenvalue weighted by molar-refractivity contribution is 5.83. The highest BCUT2D eigenvalue weighted by Crippen LogP contribution is 2.60. The number of rotatable bonds is 4. The first-order valence-corrected chi connectivity index (χ1v) is 10.4. The van der Waals surface area contributed by atoms with Crippen LogP contribution in [0.15, 0.2) is 4.42 Å². The van der Waals surface area contributed by atoms with E-state index in [-0.39, 0.29) is 5.41 Å². The molecule has 5 fully saturated rings. The number of aryl methyl sites for hydroxylation is 1. The first kappa shape index (κ1) is 16.7. The molecule has 1 aromatic rings. The van der Waals surface area contributed by atoms with Crippen molar-refractivity contribution >= 4 is 5.91 Å². The van der Waals surface area contributed by atoms with Crippen molar-refractivity contribution in [2.24, 2.45) is 23.2 Å². The maximum Gasteiger partial charge on any atom is 0.228 e. The summed E-state index contributed by atoms with van der Waals surface area (Å²) >= 11 is 0. The summed E-state index contributed by atoms with van der Waals surface area (Å²) in [7, 11) is 0. The SMILES string of the molecule is Cc1nnc(CCN2CCN(C(=O)C34CC5CC(CC(C5)C3)C4)CC2)o1. The zero-order valence-corrected chi connectivity index (χ0v) is 15.8. The first-order valence-electron chi connectivity index (χ1n) is 10.4. The molecule has 0 aromatic carbocycles. The Hall–Kier alpha value is -1.43. The molecule has 0 N–H and O–H groups in total. The Bertz CT molecular complexity index is 642. The molecule has 2 heterocycles. The van der Waals surface area contributed by atoms with Gasteiger partial charge < -0.3 is 9.32 Å². The van der Waals surface area contributed by atoms with Gasteiger partial charge in [-0.3, -0.25) is 9.69 Å². The lowest BCUT2D eigenvalue weighted by Gasteiger charge is -2.57. The molecule has 1 saturated heterocycles. The minimum Gasteiger partial charge on any atom is -0.426 e. The topological polar surface area (TPSA) is 62.5 Å². The van der Waals surface area contributed by atoms with Gasteiger partial charge in [0.25, 0.3) is 0 Å². The highest BCUT2D eigenvalue weighted by atomic mass is 16.4. The fourth-order valence-electron chi connectivity index (χ4n) is 6.57. The Morgan fingerprint density at radius 3 is 2.19 bits per heavy atom. The van der Waals surface area contributed by atoms with Crippen molar-refractivity contribution < 1.29 is 9.21 Å². The van der Waals surface area contributed by atoms with Gasteiger partial charge in [-0.2, -0.15) is 0 Å². The second-order valence-electron chi connectivity index (χ2n) is 9.30. The molecule has 1 amide bonds. The summed E-state index contributed by atoms with van der Waals surface area (Å²) in [6.45, 7) is 6.44. The standard InChI is InChI=1S/C20H30N4O2/c1-14-21-22-18(26-14)2-3-23-4-6-24(7-5-23)19(25)20-11-15-8-16(12-20)10-17(9-15)13-20/h15-17H,2-13H2,1H3. The number of hydrogen-bond donors (Lipinski definition) is 0. The van der Waals surface area contributed by atoms with Crippen LogP contribution in [0.25, 0.3) is 0 Å². The van der Waals surface area contributed by atoms with Gasteiger partial charge in [0.2, 0.25) is 17.7 Å². The van der Waals surface area contributed by atoms with E-state index in [2.05, 4.69) is 20.0 Å². The van der Waals surface area contributed by atoms with Crippen LogP contribution in [0.2, 0.25) is 0 Å². The highest BCUT2D eigenvalue weighted by Gasteiger charge is 2.55. The molecule has 6 heteroatoms. The lowest BCUT2D eigenvalue weighted by Crippen LogP contribution is -2.58. The maximum absolute atomic E-state index is 13.4. The van der Waals surface area contributed by atoms with Gasteiger partial charge in [0.05, 0.1) is 5.41 Å². The average Bonchev–Trinajstić information content (AvgIpc) is 3.04. The number of carbonyl (C=O) groups is 1. The fraction of sp³-hybridized carbons (Fsp3) is 0.850. The van der Waals surface area contributed by atoms with E-state index in [1.807, 2.05) is 6.92 Å². The van der Waals surface area contributed by atoms with Gasteiger partial charge in [0.1, 0.15) is 0 Å². The number of piperazine rings is 1. The van der Waals surface area contributed by atoms with Gasteiger partial charge in [0, 0.05) is 46.1 Å². The van der Waals surface area contributed by atoms with Gasteiger partial charge in [-0.25, -0.2) is 0 Å². The van der Waals surface area contributed by atoms with Crippen LogP contribution in [0.5, 0.6) is 0 Å². The Morgan fingerprint density at radius 2 is 1.65 bits per heavy atom. The molecule has 142 valence electrons. The summed E-state index contributed by atoms with van der Waals surface area (Å²) in [5.74, 6) is 4.35. The van der Waals surface area contributed by atoms with Crippen molar-refractivity contribution in [3.8, 4) is 0 Å². The summed E-state index contributed by atoms with van der Waals surface area (Å²) in [5, 5.41) is 7.96. The summed E-state index contributed by atoms with van der Waals surface area (Å²) in [6, 6.07) is 0. The number of nitrogens with zero attached hydrogens (tertiary/aromatic N) is 4. The van der Waals surface area contributed by atoms with E-state index in [9.17, 15) is 4.79 Å². The van der Waals surface area contributed by atoms with Crippen LogP contribution in [-0.2, 0) is 11.2 Å². The van der Waals surface area contributed by atoms with E-state index >= 15 is 0 Å². The molecule has 26 heavy (non-hydrogen) atoms. The Balaban J connectivity index is 1.16. The molecule has 4 bridgehead atoms. The van der Waals surface area contributed by atoms with E-state index in [4.69, 9.17) is 4.42 Å². The maximum atomic E-state index is 13.4. The molecule has 4 aliphatic carbocycles. The van der Waals surface area contributed by atoms with E-state index in [1.165, 1.54) is 38.5 Å². The fourth-order valence-corrected chi connectivity index (χ4v) is 6.57. The Morgan fingerprint density at radius 1 is 1.04 bits per heavy atom. The van der Waals surface area contributed by atoms with Crippen molar-refractivity contribution in [3.63, 3.8) is 0 Å². The number of aromatic nitrogens is 2. The summed E-state index contributed by atoms with van der Waals surface area (Å²) in [5.41, 5.74) is 0.0121. The van der Waals surface area contributed by atoms with Crippen LogP contribution in [0.3, 0.4) is 0 Å². The lowest BCUT2D eigenvalue weighted by atomic mass is 9.49. The molecule has 1 aromatic heterocycles. The molecule has 5 aliphatic rings. The second-order valence-corrected chi connectivity index (χ2v) is 9.30. The predicted molar refractivity (Wildman–Crippen MR) is 96.4 cm³/mol. The van der Waals surface area contributed by atoms with Crippen molar-refractivity contribution in [1.82, 2.24) is 20.0 Å². The minimum atomic E-state index is 0.0121. The molecule has 4 saturated carbocycles. The molecule has 6 rings (SSSR count). The van der Waals surface area contributed by atoms with Crippen LogP contribution in [0.1, 0.15) is 50.3 Å². The lowest BCUT2D eigenvalue weighted by molar-refractivity contribution is -0.159. The zero-order valence-electron chi connectivity index (χ0n) is 15.8. The normalized spacial score (nSPS) is 36.7. The molecular weight excluding hydrogens is 328 g/mol. The third kappa shape index (κ3) is 2.96. The van der Waals surface area contributed by atoms with Crippen LogP contribution in [0.4, 0.5) is 0 Å². The Kier molecular flexibility index (Phi) is 4.07. The number of amides is 1. The average molecular weight is 358 g/mol. The molecule has 6 nitrogen and oxygen atoms in total. The third-order valence-corrected chi connectivity index (χ3v) is 7.36. The second kappa shape index (κ2) is 6.32. The van der Waals surface area contributed by atoms with Crippen LogP contribution in [-0.4, -0.2) is 58.6 Å². The predicted octanol–water partition coefficient (Wildman–Crippen LogP) is 2.28. The third-order valence-electron chi connectivity index (χ3n) is 7.36. The largest absolute Gasteiger partial charge is 0.426 e. The summed E-state index contributed by atoms with van der Waals surface area (Å²) in [4.78, 5) is 18.0. The van der Waals surface area contributed by atoms with Crippen molar-refractivity contribution in [2.45, 2.75) is 51.9 Å². The monoisotopic (exact) mass is 358 g/mol. The number of carbonyl (C=O) groups excluding carboxylic acids is 1. The summed E-state index contributed by atoms with van der Waals surface area (Å²) in [6.07, 6.45) is 8.52. The summed E-state index contributed by atoms with van der Waals surface area (Å²) < 4.78 is 5.46. The molecule has 0 radical (unpaired) electrons. The molecular formula is C20H30N4O2. The minimum absolute atomic E-state index is 0.0121. The van der Waals surface area contributed by atoms with Crippen molar-refractivity contribution in [1.29, 1.82) is 0 Å². The van der Waals surface area contributed by atoms with Gasteiger partial charge in [0.15, 0.2) is 0 Å². The van der Waals surface area contributed by atoms with E-state index in [0.29, 0.717) is 11.8 Å². The zero-order chi connectivity index (χ0) is 17.7. The van der Waals surface area contributed by atoms with Gasteiger partial charge in [-0.15, -0.1) is 10.2 Å². The Labute approximate surface area is 155 Å². The first-order chi connectivity index (χ1) is 12.6. The quantitative estimate of drug-likeness (QED) is 0.826. The van der Waals surface area contributed by atoms with Gasteiger partial charge in [-0.05, 0) is 56.3 Å². The van der Waals surface area contributed by atoms with Crippen molar-refractivity contribution in [2.75, 3.05) is 32.7 Å². The van der Waals surface area contributed by atoms with Gasteiger partial charge in [-0.1, -0.05) is 0 Å². The smallest absolute Gasteiger partial charge is 0.228 e. The van der Waals surface area contributed by atoms with E-state index in [0.717, 1.165) is 62.8 Å². The van der Waals surface area contributed by atoms with Gasteiger partial charge >= 0.3 is 0 Å².